The third-order valence-corrected chi connectivity index (χ3v) is 3.83. The van der Waals surface area contributed by atoms with Crippen LogP contribution in [0.25, 0.3) is 10.9 Å². The first-order chi connectivity index (χ1) is 11.9. The van der Waals surface area contributed by atoms with Crippen molar-refractivity contribution in [3.8, 4) is 0 Å². The van der Waals surface area contributed by atoms with E-state index in [0.29, 0.717) is 0 Å². The summed E-state index contributed by atoms with van der Waals surface area (Å²) >= 11 is 0. The fraction of sp³-hybridized carbons (Fsp3) is 0.375. The molecule has 0 aliphatic heterocycles. The second-order valence-electron chi connectivity index (χ2n) is 6.77. The third kappa shape index (κ3) is 5.74. The van der Waals surface area contributed by atoms with Gasteiger partial charge in [-0.25, -0.2) is 14.7 Å². The molecule has 26 heavy (non-hydrogen) atoms. The molecule has 142 valence electrons. The summed E-state index contributed by atoms with van der Waals surface area (Å²) in [5, 5.41) is 8.11. The standard InChI is InChI=1S/C16H22N4O5S/c1-16(2,3)25-15(22)19-13(14(21)20-26(17,23)24)8-10-9-18-12-7-5-4-6-11(10)12/h4-7,9,13,18H,8H2,1-3H3,(H,19,22)(H,20,21)(H2,17,23,24)/t13-/m0/s1. The summed E-state index contributed by atoms with van der Waals surface area (Å²) in [6, 6.07) is 6.21. The molecule has 0 radical (unpaired) electrons. The van der Waals surface area contributed by atoms with Crippen molar-refractivity contribution in [2.24, 2.45) is 5.14 Å². The monoisotopic (exact) mass is 382 g/mol. The molecule has 2 rings (SSSR count). The van der Waals surface area contributed by atoms with Gasteiger partial charge in [0.1, 0.15) is 11.6 Å². The highest BCUT2D eigenvalue weighted by Crippen LogP contribution is 2.19. The van der Waals surface area contributed by atoms with Crippen LogP contribution in [0.3, 0.4) is 0 Å². The fourth-order valence-electron chi connectivity index (χ4n) is 2.39. The van der Waals surface area contributed by atoms with Gasteiger partial charge >= 0.3 is 6.09 Å². The fourth-order valence-corrected chi connectivity index (χ4v) is 2.81. The quantitative estimate of drug-likeness (QED) is 0.608. The molecule has 0 fully saturated rings. The number of rotatable bonds is 5. The molecule has 0 aliphatic carbocycles. The lowest BCUT2D eigenvalue weighted by Crippen LogP contribution is -2.51. The highest BCUT2D eigenvalue weighted by molar-refractivity contribution is 7.87. The molecule has 0 bridgehead atoms. The molecule has 1 heterocycles. The first-order valence-corrected chi connectivity index (χ1v) is 9.38. The van der Waals surface area contributed by atoms with Crippen LogP contribution in [-0.4, -0.2) is 37.0 Å². The molecule has 1 aromatic carbocycles. The topological polar surface area (TPSA) is 143 Å². The molecular weight excluding hydrogens is 360 g/mol. The van der Waals surface area contributed by atoms with Crippen molar-refractivity contribution in [1.82, 2.24) is 15.0 Å². The summed E-state index contributed by atoms with van der Waals surface area (Å²) in [5.74, 6) is -0.955. The van der Waals surface area contributed by atoms with Crippen LogP contribution in [0.1, 0.15) is 26.3 Å². The summed E-state index contributed by atoms with van der Waals surface area (Å²) in [6.07, 6.45) is 0.899. The molecule has 0 unspecified atom stereocenters. The van der Waals surface area contributed by atoms with Crippen LogP contribution in [0.5, 0.6) is 0 Å². The van der Waals surface area contributed by atoms with E-state index in [1.165, 1.54) is 0 Å². The molecule has 1 atom stereocenters. The minimum atomic E-state index is -4.26. The molecule has 2 aromatic rings. The Bertz CT molecular complexity index is 914. The maximum Gasteiger partial charge on any atom is 0.408 e. The van der Waals surface area contributed by atoms with Crippen LogP contribution in [0.4, 0.5) is 4.79 Å². The van der Waals surface area contributed by atoms with Crippen molar-refractivity contribution in [2.75, 3.05) is 0 Å². The van der Waals surface area contributed by atoms with E-state index in [1.807, 2.05) is 24.3 Å². The lowest BCUT2D eigenvalue weighted by atomic mass is 10.0. The molecule has 9 nitrogen and oxygen atoms in total. The Labute approximate surface area is 151 Å². The number of carbonyl (C=O) groups excluding carboxylic acids is 2. The van der Waals surface area contributed by atoms with Crippen LogP contribution in [0, 0.1) is 0 Å². The van der Waals surface area contributed by atoms with Crippen molar-refractivity contribution in [2.45, 2.75) is 38.8 Å². The van der Waals surface area contributed by atoms with Gasteiger partial charge in [0.05, 0.1) is 0 Å². The first kappa shape index (κ1) is 19.7. The number of para-hydroxylation sites is 1. The average Bonchev–Trinajstić information content (AvgIpc) is 2.86. The van der Waals surface area contributed by atoms with Gasteiger partial charge in [0.25, 0.3) is 16.1 Å². The Morgan fingerprint density at radius 2 is 1.92 bits per heavy atom. The molecule has 0 saturated carbocycles. The van der Waals surface area contributed by atoms with Gasteiger partial charge in [-0.1, -0.05) is 18.2 Å². The Kier molecular flexibility index (Phi) is 5.57. The number of carbonyl (C=O) groups is 2. The van der Waals surface area contributed by atoms with Gasteiger partial charge in [-0.2, -0.15) is 8.42 Å². The number of nitrogens with two attached hydrogens (primary N) is 1. The van der Waals surface area contributed by atoms with E-state index in [9.17, 15) is 18.0 Å². The SMILES string of the molecule is CC(C)(C)OC(=O)N[C@@H](Cc1c[nH]c2ccccc12)C(=O)NS(N)(=O)=O. The molecule has 1 aromatic heterocycles. The zero-order valence-electron chi connectivity index (χ0n) is 14.7. The van der Waals surface area contributed by atoms with Crippen LogP contribution in [-0.2, 0) is 26.2 Å². The van der Waals surface area contributed by atoms with Crippen molar-refractivity contribution in [1.29, 1.82) is 0 Å². The van der Waals surface area contributed by atoms with Gasteiger partial charge in [0.15, 0.2) is 0 Å². The van der Waals surface area contributed by atoms with Crippen LogP contribution >= 0.6 is 0 Å². The number of hydrogen-bond donors (Lipinski definition) is 4. The number of hydrogen-bond acceptors (Lipinski definition) is 5. The number of aromatic amines is 1. The van der Waals surface area contributed by atoms with E-state index in [2.05, 4.69) is 10.3 Å². The summed E-state index contributed by atoms with van der Waals surface area (Å²) in [6.45, 7) is 5.02. The zero-order chi connectivity index (χ0) is 19.5. The number of amides is 2. The van der Waals surface area contributed by atoms with E-state index in [0.717, 1.165) is 16.5 Å². The number of fused-ring (bicyclic) bond motifs is 1. The third-order valence-electron chi connectivity index (χ3n) is 3.35. The van der Waals surface area contributed by atoms with Crippen molar-refractivity contribution < 1.29 is 22.7 Å². The van der Waals surface area contributed by atoms with E-state index in [1.54, 1.807) is 31.7 Å². The predicted octanol–water partition coefficient (Wildman–Crippen LogP) is 0.923. The Hall–Kier alpha value is -2.59. The lowest BCUT2D eigenvalue weighted by Gasteiger charge is -2.23. The van der Waals surface area contributed by atoms with Crippen LogP contribution in [0.2, 0.25) is 0 Å². The Morgan fingerprint density at radius 3 is 2.54 bits per heavy atom. The van der Waals surface area contributed by atoms with Gasteiger partial charge in [0, 0.05) is 23.5 Å². The molecule has 2 amide bonds. The Morgan fingerprint density at radius 1 is 1.27 bits per heavy atom. The average molecular weight is 382 g/mol. The van der Waals surface area contributed by atoms with Gasteiger partial charge in [0.2, 0.25) is 0 Å². The number of alkyl carbamates (subject to hydrolysis) is 1. The van der Waals surface area contributed by atoms with Crippen molar-refractivity contribution >= 4 is 33.1 Å². The van der Waals surface area contributed by atoms with E-state index >= 15 is 0 Å². The van der Waals surface area contributed by atoms with Gasteiger partial charge < -0.3 is 15.0 Å². The van der Waals surface area contributed by atoms with E-state index in [-0.39, 0.29) is 6.42 Å². The van der Waals surface area contributed by atoms with Crippen LogP contribution in [0.15, 0.2) is 30.5 Å². The summed E-state index contributed by atoms with van der Waals surface area (Å²) < 4.78 is 29.2. The smallest absolute Gasteiger partial charge is 0.408 e. The maximum atomic E-state index is 12.3. The zero-order valence-corrected chi connectivity index (χ0v) is 15.5. The summed E-state index contributed by atoms with van der Waals surface area (Å²) in [5.41, 5.74) is 0.808. The largest absolute Gasteiger partial charge is 0.444 e. The number of nitrogens with one attached hydrogen (secondary N) is 3. The number of ether oxygens (including phenoxy) is 1. The molecule has 5 N–H and O–H groups in total. The predicted molar refractivity (Wildman–Crippen MR) is 96.4 cm³/mol. The van der Waals surface area contributed by atoms with E-state index in [4.69, 9.17) is 9.88 Å². The first-order valence-electron chi connectivity index (χ1n) is 7.83. The van der Waals surface area contributed by atoms with E-state index < -0.39 is 33.9 Å². The van der Waals surface area contributed by atoms with Crippen molar-refractivity contribution in [3.63, 3.8) is 0 Å². The van der Waals surface area contributed by atoms with Gasteiger partial charge in [-0.05, 0) is 32.4 Å². The van der Waals surface area contributed by atoms with Crippen LogP contribution < -0.4 is 15.2 Å². The molecule has 0 spiro atoms. The minimum Gasteiger partial charge on any atom is -0.444 e. The molecular formula is C16H22N4O5S. The highest BCUT2D eigenvalue weighted by atomic mass is 32.2. The number of benzene rings is 1. The molecule has 10 heteroatoms. The minimum absolute atomic E-state index is 0.0462. The van der Waals surface area contributed by atoms with Gasteiger partial charge in [-0.3, -0.25) is 4.79 Å². The normalized spacial score (nSPS) is 13.2. The summed E-state index contributed by atoms with van der Waals surface area (Å²) in [4.78, 5) is 27.4. The summed E-state index contributed by atoms with van der Waals surface area (Å²) in [7, 11) is -4.26. The van der Waals surface area contributed by atoms with Crippen molar-refractivity contribution in [3.05, 3.63) is 36.0 Å². The Balaban J connectivity index is 2.24. The molecule has 0 aliphatic rings. The second kappa shape index (κ2) is 7.34. The molecule has 0 saturated heterocycles. The maximum absolute atomic E-state index is 12.3. The number of H-pyrrole nitrogens is 1. The number of aromatic nitrogens is 1. The second-order valence-corrected chi connectivity index (χ2v) is 8.07. The highest BCUT2D eigenvalue weighted by Gasteiger charge is 2.27. The van der Waals surface area contributed by atoms with Gasteiger partial charge in [-0.15, -0.1) is 0 Å². The lowest BCUT2D eigenvalue weighted by molar-refractivity contribution is -0.121.